The zero-order chi connectivity index (χ0) is 15.6. The minimum absolute atomic E-state index is 0.474. The second-order valence-corrected chi connectivity index (χ2v) is 5.75. The third-order valence-electron chi connectivity index (χ3n) is 3.57. The first-order valence-electron chi connectivity index (χ1n) is 7.93. The normalized spacial score (nSPS) is 11.5. The first kappa shape index (κ1) is 16.6. The van der Waals surface area contributed by atoms with E-state index in [1.54, 1.807) is 0 Å². The Kier molecular flexibility index (Phi) is 6.98. The third-order valence-corrected chi connectivity index (χ3v) is 3.87. The molecule has 0 aromatic heterocycles. The van der Waals surface area contributed by atoms with Crippen LogP contribution in [0, 0.1) is 0 Å². The first-order valence-corrected chi connectivity index (χ1v) is 8.31. The molecule has 0 aliphatic carbocycles. The lowest BCUT2D eigenvalue weighted by atomic mass is 10.0. The van der Waals surface area contributed by atoms with Crippen molar-refractivity contribution in [2.75, 3.05) is 5.43 Å². The highest BCUT2D eigenvalue weighted by molar-refractivity contribution is 6.69. The quantitative estimate of drug-likeness (QED) is 0.370. The van der Waals surface area contributed by atoms with Crippen molar-refractivity contribution in [2.45, 2.75) is 39.0 Å². The van der Waals surface area contributed by atoms with Gasteiger partial charge in [0, 0.05) is 5.56 Å². The zero-order valence-electron chi connectivity index (χ0n) is 13.1. The largest absolute Gasteiger partial charge is 0.277 e. The number of unbranched alkanes of at least 4 members (excludes halogenated alkanes) is 3. The van der Waals surface area contributed by atoms with Gasteiger partial charge in [0.15, 0.2) is 5.17 Å². The van der Waals surface area contributed by atoms with Crippen molar-refractivity contribution >= 4 is 22.5 Å². The van der Waals surface area contributed by atoms with Gasteiger partial charge in [0.25, 0.3) is 0 Å². The summed E-state index contributed by atoms with van der Waals surface area (Å²) in [6, 6.07) is 18.1. The Morgan fingerprint density at radius 1 is 0.955 bits per heavy atom. The molecule has 0 bridgehead atoms. The predicted octanol–water partition coefficient (Wildman–Crippen LogP) is 5.82. The molecule has 2 nitrogen and oxygen atoms in total. The number of benzene rings is 2. The predicted molar refractivity (Wildman–Crippen MR) is 96.7 cm³/mol. The summed E-state index contributed by atoms with van der Waals surface area (Å²) in [6.45, 7) is 2.24. The fourth-order valence-electron chi connectivity index (χ4n) is 2.26. The molecule has 0 heterocycles. The van der Waals surface area contributed by atoms with Gasteiger partial charge in [-0.15, -0.1) is 0 Å². The standard InChI is InChI=1S/C19H23ClN2/c1-2-3-4-6-9-16-12-14-17(15-13-16)19(20)22-21-18-10-7-5-8-11-18/h5,7-8,10-15,21H,2-4,6,9H2,1H3. The molecule has 0 amide bonds. The Morgan fingerprint density at radius 2 is 1.68 bits per heavy atom. The number of para-hydroxylation sites is 1. The maximum Gasteiger partial charge on any atom is 0.156 e. The molecule has 116 valence electrons. The number of nitrogens with zero attached hydrogens (tertiary/aromatic N) is 1. The lowest BCUT2D eigenvalue weighted by molar-refractivity contribution is 0.667. The third kappa shape index (κ3) is 5.53. The highest BCUT2D eigenvalue weighted by Gasteiger charge is 2.01. The van der Waals surface area contributed by atoms with E-state index < -0.39 is 0 Å². The van der Waals surface area contributed by atoms with E-state index in [1.807, 2.05) is 42.5 Å². The van der Waals surface area contributed by atoms with Crippen LogP contribution in [0.5, 0.6) is 0 Å². The summed E-state index contributed by atoms with van der Waals surface area (Å²) < 4.78 is 0. The number of halogens is 1. The number of hydrogen-bond acceptors (Lipinski definition) is 2. The molecular formula is C19H23ClN2. The summed E-state index contributed by atoms with van der Waals surface area (Å²) in [7, 11) is 0. The monoisotopic (exact) mass is 314 g/mol. The van der Waals surface area contributed by atoms with E-state index in [2.05, 4.69) is 29.6 Å². The number of anilines is 1. The number of hydrazone groups is 1. The maximum absolute atomic E-state index is 6.24. The van der Waals surface area contributed by atoms with Gasteiger partial charge in [-0.1, -0.05) is 80.3 Å². The highest BCUT2D eigenvalue weighted by atomic mass is 35.5. The molecule has 3 heteroatoms. The van der Waals surface area contributed by atoms with Crippen LogP contribution in [0.25, 0.3) is 0 Å². The first-order chi connectivity index (χ1) is 10.8. The van der Waals surface area contributed by atoms with Gasteiger partial charge >= 0.3 is 0 Å². The maximum atomic E-state index is 6.24. The Balaban J connectivity index is 1.89. The van der Waals surface area contributed by atoms with Crippen LogP contribution in [0.2, 0.25) is 0 Å². The Hall–Kier alpha value is -1.80. The van der Waals surface area contributed by atoms with Gasteiger partial charge < -0.3 is 0 Å². The molecule has 1 N–H and O–H groups in total. The van der Waals surface area contributed by atoms with Crippen LogP contribution in [-0.2, 0) is 6.42 Å². The van der Waals surface area contributed by atoms with E-state index in [-0.39, 0.29) is 0 Å². The Morgan fingerprint density at radius 3 is 2.36 bits per heavy atom. The molecule has 0 unspecified atom stereocenters. The molecular weight excluding hydrogens is 292 g/mol. The van der Waals surface area contributed by atoms with Gasteiger partial charge in [-0.25, -0.2) is 0 Å². The second-order valence-electron chi connectivity index (χ2n) is 5.39. The van der Waals surface area contributed by atoms with Crippen molar-refractivity contribution in [1.82, 2.24) is 0 Å². The van der Waals surface area contributed by atoms with E-state index in [9.17, 15) is 0 Å². The summed E-state index contributed by atoms with van der Waals surface area (Å²) in [4.78, 5) is 0. The minimum Gasteiger partial charge on any atom is -0.277 e. The molecule has 0 fully saturated rings. The molecule has 2 aromatic carbocycles. The van der Waals surface area contributed by atoms with Gasteiger partial charge in [-0.3, -0.25) is 5.43 Å². The van der Waals surface area contributed by atoms with E-state index in [4.69, 9.17) is 11.6 Å². The van der Waals surface area contributed by atoms with Crippen LogP contribution in [-0.4, -0.2) is 5.17 Å². The van der Waals surface area contributed by atoms with E-state index in [1.165, 1.54) is 31.2 Å². The van der Waals surface area contributed by atoms with Crippen molar-refractivity contribution in [1.29, 1.82) is 0 Å². The lowest BCUT2D eigenvalue weighted by Gasteiger charge is -2.04. The Labute approximate surface area is 138 Å². The van der Waals surface area contributed by atoms with Gasteiger partial charge in [0.1, 0.15) is 0 Å². The van der Waals surface area contributed by atoms with Crippen LogP contribution in [0.4, 0.5) is 5.69 Å². The average Bonchev–Trinajstić information content (AvgIpc) is 2.58. The molecule has 0 aliphatic heterocycles. The highest BCUT2D eigenvalue weighted by Crippen LogP contribution is 2.13. The number of hydrogen-bond donors (Lipinski definition) is 1. The number of nitrogens with one attached hydrogen (secondary N) is 1. The van der Waals surface area contributed by atoms with Crippen molar-refractivity contribution in [2.24, 2.45) is 5.10 Å². The van der Waals surface area contributed by atoms with Gasteiger partial charge in [-0.2, -0.15) is 5.10 Å². The molecule has 0 atom stereocenters. The van der Waals surface area contributed by atoms with Gasteiger partial charge in [-0.05, 0) is 30.5 Å². The van der Waals surface area contributed by atoms with E-state index >= 15 is 0 Å². The van der Waals surface area contributed by atoms with Crippen molar-refractivity contribution in [3.63, 3.8) is 0 Å². The number of aryl methyl sites for hydroxylation is 1. The molecule has 0 spiro atoms. The van der Waals surface area contributed by atoms with Crippen molar-refractivity contribution < 1.29 is 0 Å². The molecule has 2 aromatic rings. The summed E-state index contributed by atoms with van der Waals surface area (Å²) in [5.41, 5.74) is 6.18. The fraction of sp³-hybridized carbons (Fsp3) is 0.316. The smallest absolute Gasteiger partial charge is 0.156 e. The van der Waals surface area contributed by atoms with Crippen LogP contribution >= 0.6 is 11.6 Å². The Bertz CT molecular complexity index is 576. The van der Waals surface area contributed by atoms with Crippen LogP contribution in [0.15, 0.2) is 59.7 Å². The molecule has 0 aliphatic rings. The van der Waals surface area contributed by atoms with Crippen molar-refractivity contribution in [3.05, 3.63) is 65.7 Å². The number of rotatable bonds is 8. The molecule has 2 rings (SSSR count). The van der Waals surface area contributed by atoms with Gasteiger partial charge in [0.2, 0.25) is 0 Å². The molecule has 0 radical (unpaired) electrons. The summed E-state index contributed by atoms with van der Waals surface area (Å²) in [5, 5.41) is 4.69. The van der Waals surface area contributed by atoms with Crippen LogP contribution in [0.1, 0.15) is 43.7 Å². The topological polar surface area (TPSA) is 24.4 Å². The van der Waals surface area contributed by atoms with Gasteiger partial charge in [0.05, 0.1) is 5.69 Å². The average molecular weight is 315 g/mol. The van der Waals surface area contributed by atoms with Crippen molar-refractivity contribution in [3.8, 4) is 0 Å². The summed E-state index contributed by atoms with van der Waals surface area (Å²) >= 11 is 6.24. The minimum atomic E-state index is 0.474. The zero-order valence-corrected chi connectivity index (χ0v) is 13.8. The van der Waals surface area contributed by atoms with E-state index in [0.717, 1.165) is 17.7 Å². The van der Waals surface area contributed by atoms with Crippen LogP contribution < -0.4 is 5.43 Å². The molecule has 0 saturated heterocycles. The van der Waals surface area contributed by atoms with Crippen LogP contribution in [0.3, 0.4) is 0 Å². The van der Waals surface area contributed by atoms with E-state index in [0.29, 0.717) is 5.17 Å². The fourth-order valence-corrected chi connectivity index (χ4v) is 2.42. The molecule has 0 saturated carbocycles. The SMILES string of the molecule is CCCCCCc1ccc(C(Cl)=NNc2ccccc2)cc1. The lowest BCUT2D eigenvalue weighted by Crippen LogP contribution is -1.97. The molecule has 22 heavy (non-hydrogen) atoms. The second kappa shape index (κ2) is 9.26. The summed E-state index contributed by atoms with van der Waals surface area (Å²) in [6.07, 6.45) is 6.30. The summed E-state index contributed by atoms with van der Waals surface area (Å²) in [5.74, 6) is 0.